The maximum atomic E-state index is 12.1. The number of benzene rings is 1. The number of nitrogens with zero attached hydrogens (tertiary/aromatic N) is 4. The highest BCUT2D eigenvalue weighted by molar-refractivity contribution is 6.33. The minimum absolute atomic E-state index is 0.0617. The number of H-pyrrole nitrogens is 1. The number of likely N-dealkylation sites (N-methyl/N-ethyl adjacent to an activating group) is 1. The number of halogens is 1. The summed E-state index contributed by atoms with van der Waals surface area (Å²) in [5.74, 6) is 0.422. The van der Waals surface area contributed by atoms with Gasteiger partial charge in [0.2, 0.25) is 11.9 Å². The van der Waals surface area contributed by atoms with Crippen molar-refractivity contribution in [3.8, 4) is 11.3 Å². The van der Waals surface area contributed by atoms with Crippen molar-refractivity contribution in [1.82, 2.24) is 30.2 Å². The standard InChI is InChI=1S/C31H37ClN8O/c1-31(36-18-22-12-13-23(17-33-22)37-28(41)11-7-15-40(2)3)14-6-8-21(16-31)38-30-35-20-26(32)29(39-30)25-19-34-27-10-5-4-9-24(25)27/h4-5,7,9-13,17,19-21,34,36H,6,8,14-16,18H2,1-3H3,(H,37,41)(H,35,38,39)/b11-7+/t21-,31+/m1/s1. The molecule has 0 spiro atoms. The summed E-state index contributed by atoms with van der Waals surface area (Å²) >= 11 is 6.53. The van der Waals surface area contributed by atoms with Crippen molar-refractivity contribution in [1.29, 1.82) is 0 Å². The Morgan fingerprint density at radius 3 is 2.85 bits per heavy atom. The van der Waals surface area contributed by atoms with Gasteiger partial charge in [0.05, 0.1) is 34.5 Å². The van der Waals surface area contributed by atoms with Crippen LogP contribution in [0.3, 0.4) is 0 Å². The molecular weight excluding hydrogens is 536 g/mol. The highest BCUT2D eigenvalue weighted by Crippen LogP contribution is 2.34. The molecule has 1 amide bonds. The lowest BCUT2D eigenvalue weighted by Crippen LogP contribution is -2.48. The number of nitrogens with one attached hydrogen (secondary N) is 4. The number of pyridine rings is 1. The first-order valence-electron chi connectivity index (χ1n) is 14.0. The van der Waals surface area contributed by atoms with Gasteiger partial charge in [-0.05, 0) is 64.9 Å². The molecule has 9 nitrogen and oxygen atoms in total. The second kappa shape index (κ2) is 12.8. The number of para-hydroxylation sites is 1. The summed E-state index contributed by atoms with van der Waals surface area (Å²) in [7, 11) is 3.92. The van der Waals surface area contributed by atoms with Gasteiger partial charge in [0.25, 0.3) is 0 Å². The molecule has 0 unspecified atom stereocenters. The van der Waals surface area contributed by atoms with Crippen LogP contribution in [0, 0.1) is 0 Å². The number of hydrogen-bond acceptors (Lipinski definition) is 7. The Balaban J connectivity index is 1.17. The lowest BCUT2D eigenvalue weighted by molar-refractivity contribution is -0.111. The van der Waals surface area contributed by atoms with E-state index in [-0.39, 0.29) is 17.5 Å². The van der Waals surface area contributed by atoms with Crippen LogP contribution < -0.4 is 16.0 Å². The number of fused-ring (bicyclic) bond motifs is 1. The smallest absolute Gasteiger partial charge is 0.248 e. The van der Waals surface area contributed by atoms with E-state index >= 15 is 0 Å². The number of anilines is 2. The second-order valence-electron chi connectivity index (χ2n) is 11.2. The van der Waals surface area contributed by atoms with E-state index < -0.39 is 0 Å². The van der Waals surface area contributed by atoms with Gasteiger partial charge < -0.3 is 25.8 Å². The van der Waals surface area contributed by atoms with Crippen molar-refractivity contribution in [2.75, 3.05) is 31.3 Å². The van der Waals surface area contributed by atoms with Gasteiger partial charge in [0, 0.05) is 53.4 Å². The number of hydrogen-bond donors (Lipinski definition) is 4. The van der Waals surface area contributed by atoms with Gasteiger partial charge in [0.1, 0.15) is 0 Å². The van der Waals surface area contributed by atoms with E-state index in [1.807, 2.05) is 61.6 Å². The first-order valence-corrected chi connectivity index (χ1v) is 14.3. The van der Waals surface area contributed by atoms with Gasteiger partial charge in [-0.25, -0.2) is 9.97 Å². The van der Waals surface area contributed by atoms with Crippen molar-refractivity contribution in [2.45, 2.75) is 50.7 Å². The highest BCUT2D eigenvalue weighted by Gasteiger charge is 2.32. The molecule has 3 aromatic heterocycles. The van der Waals surface area contributed by atoms with Gasteiger partial charge in [-0.15, -0.1) is 0 Å². The van der Waals surface area contributed by atoms with E-state index in [0.717, 1.165) is 47.8 Å². The Bertz CT molecular complexity index is 1520. The molecule has 4 aromatic rings. The minimum atomic E-state index is -0.161. The van der Waals surface area contributed by atoms with Crippen LogP contribution in [0.4, 0.5) is 11.6 Å². The fraction of sp³-hybridized carbons (Fsp3) is 0.355. The zero-order chi connectivity index (χ0) is 28.8. The fourth-order valence-electron chi connectivity index (χ4n) is 5.31. The summed E-state index contributed by atoms with van der Waals surface area (Å²) in [6, 6.07) is 12.2. The molecule has 1 fully saturated rings. The molecule has 10 heteroatoms. The average Bonchev–Trinajstić information content (AvgIpc) is 3.38. The zero-order valence-electron chi connectivity index (χ0n) is 23.7. The Hall–Kier alpha value is -3.79. The maximum absolute atomic E-state index is 12.1. The molecule has 0 bridgehead atoms. The summed E-state index contributed by atoms with van der Waals surface area (Å²) in [6.07, 6.45) is 12.8. The lowest BCUT2D eigenvalue weighted by Gasteiger charge is -2.39. The van der Waals surface area contributed by atoms with Crippen molar-refractivity contribution in [3.63, 3.8) is 0 Å². The Kier molecular flexibility index (Phi) is 8.97. The molecular formula is C31H37ClN8O. The quantitative estimate of drug-likeness (QED) is 0.182. The van der Waals surface area contributed by atoms with Crippen LogP contribution in [0.1, 0.15) is 38.3 Å². The number of amides is 1. The van der Waals surface area contributed by atoms with Crippen molar-refractivity contribution in [3.05, 3.63) is 77.9 Å². The molecule has 0 aliphatic heterocycles. The van der Waals surface area contributed by atoms with E-state index in [0.29, 0.717) is 35.4 Å². The molecule has 0 radical (unpaired) electrons. The molecule has 1 saturated carbocycles. The minimum Gasteiger partial charge on any atom is -0.360 e. The SMILES string of the molecule is CN(C)C/C=C/C(=O)Nc1ccc(CN[C@@]2(C)CCC[C@@H](Nc3ncc(Cl)c(-c4c[nH]c5ccccc45)n3)C2)nc1. The third-order valence-electron chi connectivity index (χ3n) is 7.43. The van der Waals surface area contributed by atoms with Crippen LogP contribution in [-0.2, 0) is 11.3 Å². The van der Waals surface area contributed by atoms with Gasteiger partial charge in [0.15, 0.2) is 0 Å². The van der Waals surface area contributed by atoms with E-state index in [2.05, 4.69) is 43.9 Å². The third-order valence-corrected chi connectivity index (χ3v) is 7.70. The summed E-state index contributed by atoms with van der Waals surface area (Å²) in [5.41, 5.74) is 4.26. The molecule has 5 rings (SSSR count). The largest absolute Gasteiger partial charge is 0.360 e. The fourth-order valence-corrected chi connectivity index (χ4v) is 5.50. The van der Waals surface area contributed by atoms with Crippen molar-refractivity contribution < 1.29 is 4.79 Å². The normalized spacial score (nSPS) is 19.2. The van der Waals surface area contributed by atoms with E-state index in [1.54, 1.807) is 18.5 Å². The summed E-state index contributed by atoms with van der Waals surface area (Å²) in [5, 5.41) is 11.7. The van der Waals surface area contributed by atoms with Crippen LogP contribution >= 0.6 is 11.6 Å². The Labute approximate surface area is 245 Å². The number of aromatic nitrogens is 4. The molecule has 41 heavy (non-hydrogen) atoms. The van der Waals surface area contributed by atoms with E-state index in [4.69, 9.17) is 16.6 Å². The predicted octanol–water partition coefficient (Wildman–Crippen LogP) is 5.63. The zero-order valence-corrected chi connectivity index (χ0v) is 24.5. The van der Waals surface area contributed by atoms with Gasteiger partial charge in [-0.2, -0.15) is 0 Å². The average molecular weight is 573 g/mol. The summed E-state index contributed by atoms with van der Waals surface area (Å²) < 4.78 is 0. The molecule has 1 aromatic carbocycles. The Morgan fingerprint density at radius 2 is 2.05 bits per heavy atom. The number of aromatic amines is 1. The second-order valence-corrected chi connectivity index (χ2v) is 11.6. The molecule has 0 saturated heterocycles. The van der Waals surface area contributed by atoms with Crippen LogP contribution in [0.2, 0.25) is 5.02 Å². The Morgan fingerprint density at radius 1 is 1.20 bits per heavy atom. The van der Waals surface area contributed by atoms with Crippen LogP contribution in [0.25, 0.3) is 22.2 Å². The molecule has 1 aliphatic rings. The van der Waals surface area contributed by atoms with Gasteiger partial charge in [-0.3, -0.25) is 9.78 Å². The summed E-state index contributed by atoms with van der Waals surface area (Å²) in [4.78, 5) is 31.2. The topological polar surface area (TPSA) is 111 Å². The maximum Gasteiger partial charge on any atom is 0.248 e. The first-order chi connectivity index (χ1) is 19.8. The van der Waals surface area contributed by atoms with Crippen molar-refractivity contribution >= 4 is 40.0 Å². The third kappa shape index (κ3) is 7.49. The van der Waals surface area contributed by atoms with Gasteiger partial charge in [-0.1, -0.05) is 35.9 Å². The van der Waals surface area contributed by atoms with E-state index in [9.17, 15) is 4.79 Å². The molecule has 1 aliphatic carbocycles. The van der Waals surface area contributed by atoms with Crippen LogP contribution in [0.15, 0.2) is 67.1 Å². The summed E-state index contributed by atoms with van der Waals surface area (Å²) in [6.45, 7) is 3.61. The van der Waals surface area contributed by atoms with E-state index in [1.165, 1.54) is 0 Å². The van der Waals surface area contributed by atoms with Crippen LogP contribution in [-0.4, -0.2) is 63.0 Å². The van der Waals surface area contributed by atoms with Gasteiger partial charge >= 0.3 is 0 Å². The molecule has 3 heterocycles. The predicted molar refractivity (Wildman–Crippen MR) is 166 cm³/mol. The van der Waals surface area contributed by atoms with Crippen LogP contribution in [0.5, 0.6) is 0 Å². The monoisotopic (exact) mass is 572 g/mol. The highest BCUT2D eigenvalue weighted by atomic mass is 35.5. The molecule has 214 valence electrons. The number of carbonyl (C=O) groups is 1. The number of rotatable bonds is 10. The molecule has 2 atom stereocenters. The lowest BCUT2D eigenvalue weighted by atomic mass is 9.80. The van der Waals surface area contributed by atoms with Crippen molar-refractivity contribution in [2.24, 2.45) is 0 Å². The molecule has 4 N–H and O–H groups in total. The first kappa shape index (κ1) is 28.7. The number of carbonyl (C=O) groups excluding carboxylic acids is 1.